The van der Waals surface area contributed by atoms with Crippen LogP contribution in [0.4, 0.5) is 0 Å². The van der Waals surface area contributed by atoms with Crippen molar-refractivity contribution in [2.75, 3.05) is 0 Å². The maximum Gasteiger partial charge on any atom is 0.338 e. The van der Waals surface area contributed by atoms with Gasteiger partial charge in [-0.05, 0) is 29.7 Å². The van der Waals surface area contributed by atoms with E-state index in [0.29, 0.717) is 12.0 Å². The highest BCUT2D eigenvalue weighted by molar-refractivity contribution is 5.90. The van der Waals surface area contributed by atoms with Gasteiger partial charge in [-0.1, -0.05) is 36.9 Å². The number of aromatic hydroxyl groups is 1. The Morgan fingerprint density at radius 2 is 1.95 bits per heavy atom. The van der Waals surface area contributed by atoms with Gasteiger partial charge in [-0.3, -0.25) is 0 Å². The highest BCUT2D eigenvalue weighted by Gasteiger charge is 2.24. The average molecular weight is 266 g/mol. The van der Waals surface area contributed by atoms with E-state index >= 15 is 0 Å². The molecule has 1 aliphatic carbocycles. The highest BCUT2D eigenvalue weighted by atomic mass is 16.5. The van der Waals surface area contributed by atoms with Gasteiger partial charge in [0.05, 0.1) is 0 Å². The quantitative estimate of drug-likeness (QED) is 0.439. The van der Waals surface area contributed by atoms with E-state index in [1.165, 1.54) is 5.56 Å². The molecule has 2 aromatic carbocycles. The van der Waals surface area contributed by atoms with Crippen LogP contribution in [0.2, 0.25) is 0 Å². The number of carbonyl (C=O) groups excluding carboxylic acids is 1. The number of ether oxygens (including phenoxy) is 1. The fraction of sp³-hybridized carbons (Fsp3) is 0.118. The van der Waals surface area contributed by atoms with E-state index in [2.05, 4.69) is 6.58 Å². The molecule has 0 fully saturated rings. The number of phenolic OH excluding ortho intramolecular Hbond substituents is 1. The lowest BCUT2D eigenvalue weighted by molar-refractivity contribution is -0.130. The van der Waals surface area contributed by atoms with Gasteiger partial charge in [0.2, 0.25) is 0 Å². The van der Waals surface area contributed by atoms with Gasteiger partial charge in [-0.2, -0.15) is 0 Å². The predicted octanol–water partition coefficient (Wildman–Crippen LogP) is 3.44. The number of hydrogen-bond donors (Lipinski definition) is 1. The highest BCUT2D eigenvalue weighted by Crippen LogP contribution is 2.44. The van der Waals surface area contributed by atoms with Crippen LogP contribution in [-0.4, -0.2) is 11.1 Å². The monoisotopic (exact) mass is 266 g/mol. The molecule has 3 nitrogen and oxygen atoms in total. The van der Waals surface area contributed by atoms with Crippen molar-refractivity contribution < 1.29 is 14.6 Å². The molecule has 20 heavy (non-hydrogen) atoms. The zero-order valence-electron chi connectivity index (χ0n) is 11.1. The number of phenols is 1. The van der Waals surface area contributed by atoms with Crippen molar-refractivity contribution in [1.82, 2.24) is 0 Å². The summed E-state index contributed by atoms with van der Waals surface area (Å²) in [7, 11) is 0. The Balaban J connectivity index is 2.02. The van der Waals surface area contributed by atoms with Gasteiger partial charge in [-0.25, -0.2) is 4.79 Å². The van der Waals surface area contributed by atoms with Crippen LogP contribution in [0.15, 0.2) is 48.6 Å². The molecule has 0 saturated heterocycles. The lowest BCUT2D eigenvalue weighted by atomic mass is 10.1. The van der Waals surface area contributed by atoms with E-state index in [4.69, 9.17) is 4.74 Å². The molecule has 3 rings (SSSR count). The molecule has 100 valence electrons. The SMILES string of the molecule is C=C(C)C(=O)Oc1ccc2c(c1O)Cc1ccccc1-2. The standard InChI is InChI=1S/C17H14O3/c1-10(2)17(19)20-15-8-7-13-12-6-4-3-5-11(12)9-14(13)16(15)18/h3-8,18H,1,9H2,2H3. The average Bonchev–Trinajstić information content (AvgIpc) is 2.81. The van der Waals surface area contributed by atoms with Crippen molar-refractivity contribution in [3.63, 3.8) is 0 Å². The van der Waals surface area contributed by atoms with Crippen molar-refractivity contribution in [2.45, 2.75) is 13.3 Å². The first-order valence-electron chi connectivity index (χ1n) is 6.38. The number of fused-ring (bicyclic) bond motifs is 3. The molecule has 0 heterocycles. The Morgan fingerprint density at radius 3 is 2.70 bits per heavy atom. The van der Waals surface area contributed by atoms with E-state index in [1.54, 1.807) is 13.0 Å². The maximum absolute atomic E-state index is 11.6. The molecule has 0 spiro atoms. The van der Waals surface area contributed by atoms with E-state index in [9.17, 15) is 9.90 Å². The molecule has 0 aliphatic heterocycles. The summed E-state index contributed by atoms with van der Waals surface area (Å²) in [6.45, 7) is 5.10. The van der Waals surface area contributed by atoms with Crippen LogP contribution < -0.4 is 4.74 Å². The summed E-state index contributed by atoms with van der Waals surface area (Å²) in [6, 6.07) is 11.5. The molecule has 0 unspecified atom stereocenters. The van der Waals surface area contributed by atoms with E-state index in [1.807, 2.05) is 30.3 Å². The summed E-state index contributed by atoms with van der Waals surface area (Å²) < 4.78 is 5.14. The molecular formula is C17H14O3. The van der Waals surface area contributed by atoms with Crippen molar-refractivity contribution in [2.24, 2.45) is 0 Å². The van der Waals surface area contributed by atoms with Crippen LogP contribution in [-0.2, 0) is 11.2 Å². The zero-order valence-corrected chi connectivity index (χ0v) is 11.1. The van der Waals surface area contributed by atoms with Crippen molar-refractivity contribution in [1.29, 1.82) is 0 Å². The van der Waals surface area contributed by atoms with Crippen molar-refractivity contribution >= 4 is 5.97 Å². The lowest BCUT2D eigenvalue weighted by Gasteiger charge is -2.09. The summed E-state index contributed by atoms with van der Waals surface area (Å²) in [5.74, 6) is -0.311. The zero-order chi connectivity index (χ0) is 14.3. The molecule has 0 radical (unpaired) electrons. The van der Waals surface area contributed by atoms with Gasteiger partial charge < -0.3 is 9.84 Å². The van der Waals surface area contributed by atoms with Crippen LogP contribution in [0.3, 0.4) is 0 Å². The summed E-state index contributed by atoms with van der Waals surface area (Å²) >= 11 is 0. The minimum atomic E-state index is -0.532. The molecule has 0 amide bonds. The van der Waals surface area contributed by atoms with Gasteiger partial charge in [0.1, 0.15) is 0 Å². The third-order valence-electron chi connectivity index (χ3n) is 3.47. The normalized spacial score (nSPS) is 11.7. The van der Waals surface area contributed by atoms with E-state index in [0.717, 1.165) is 16.7 Å². The number of rotatable bonds is 2. The Morgan fingerprint density at radius 1 is 1.20 bits per heavy atom. The number of hydrogen-bond acceptors (Lipinski definition) is 3. The number of carbonyl (C=O) groups is 1. The molecule has 2 aromatic rings. The number of esters is 1. The molecule has 0 saturated carbocycles. The van der Waals surface area contributed by atoms with E-state index < -0.39 is 5.97 Å². The van der Waals surface area contributed by atoms with Gasteiger partial charge in [0, 0.05) is 17.6 Å². The Hall–Kier alpha value is -2.55. The summed E-state index contributed by atoms with van der Waals surface area (Å²) in [5.41, 5.74) is 4.39. The number of benzene rings is 2. The van der Waals surface area contributed by atoms with Gasteiger partial charge >= 0.3 is 5.97 Å². The topological polar surface area (TPSA) is 46.5 Å². The molecular weight excluding hydrogens is 252 g/mol. The van der Waals surface area contributed by atoms with Gasteiger partial charge in [0.25, 0.3) is 0 Å². The predicted molar refractivity (Wildman–Crippen MR) is 76.8 cm³/mol. The molecule has 0 atom stereocenters. The van der Waals surface area contributed by atoms with Crippen LogP contribution in [0.25, 0.3) is 11.1 Å². The van der Waals surface area contributed by atoms with Gasteiger partial charge in [-0.15, -0.1) is 0 Å². The van der Waals surface area contributed by atoms with Crippen LogP contribution in [0.1, 0.15) is 18.1 Å². The maximum atomic E-state index is 11.6. The summed E-state index contributed by atoms with van der Waals surface area (Å²) in [4.78, 5) is 11.6. The first kappa shape index (κ1) is 12.5. The Kier molecular flexibility index (Phi) is 2.83. The smallest absolute Gasteiger partial charge is 0.338 e. The second-order valence-electron chi connectivity index (χ2n) is 4.94. The summed E-state index contributed by atoms with van der Waals surface area (Å²) in [6.07, 6.45) is 0.649. The van der Waals surface area contributed by atoms with Crippen LogP contribution >= 0.6 is 0 Å². The first-order chi connectivity index (χ1) is 9.58. The molecule has 0 aromatic heterocycles. The third-order valence-corrected chi connectivity index (χ3v) is 3.47. The fourth-order valence-corrected chi connectivity index (χ4v) is 2.44. The minimum Gasteiger partial charge on any atom is -0.504 e. The Labute approximate surface area is 117 Å². The van der Waals surface area contributed by atoms with Crippen molar-refractivity contribution in [3.8, 4) is 22.6 Å². The second kappa shape index (κ2) is 4.53. The molecule has 0 bridgehead atoms. The fourth-order valence-electron chi connectivity index (χ4n) is 2.44. The lowest BCUT2D eigenvalue weighted by Crippen LogP contribution is -2.08. The second-order valence-corrected chi connectivity index (χ2v) is 4.94. The van der Waals surface area contributed by atoms with Crippen molar-refractivity contribution in [3.05, 3.63) is 59.7 Å². The van der Waals surface area contributed by atoms with Gasteiger partial charge in [0.15, 0.2) is 11.5 Å². The first-order valence-corrected chi connectivity index (χ1v) is 6.38. The van der Waals surface area contributed by atoms with Crippen LogP contribution in [0, 0.1) is 0 Å². The minimum absolute atomic E-state index is 0.0355. The molecule has 1 N–H and O–H groups in total. The Bertz CT molecular complexity index is 729. The van der Waals surface area contributed by atoms with Crippen LogP contribution in [0.5, 0.6) is 11.5 Å². The van der Waals surface area contributed by atoms with E-state index in [-0.39, 0.29) is 11.5 Å². The largest absolute Gasteiger partial charge is 0.504 e. The summed E-state index contributed by atoms with van der Waals surface area (Å²) in [5, 5.41) is 10.3. The third kappa shape index (κ3) is 1.88. The molecule has 1 aliphatic rings. The molecule has 3 heteroatoms.